The van der Waals surface area contributed by atoms with Crippen LogP contribution in [-0.4, -0.2) is 119 Å². The summed E-state index contributed by atoms with van der Waals surface area (Å²) in [6, 6.07) is 16.3. The first kappa shape index (κ1) is 56.1. The quantitative estimate of drug-likeness (QED) is 0.0705. The van der Waals surface area contributed by atoms with Crippen molar-refractivity contribution in [3.8, 4) is 33.5 Å². The lowest BCUT2D eigenvalue weighted by Gasteiger charge is -2.27. The average Bonchev–Trinajstić information content (AvgIpc) is 4.20. The van der Waals surface area contributed by atoms with E-state index >= 15 is 8.78 Å². The smallest absolute Gasteiger partial charge is 0.408 e. The van der Waals surface area contributed by atoms with Gasteiger partial charge in [-0.3, -0.25) is 14.4 Å². The van der Waals surface area contributed by atoms with Crippen LogP contribution in [0.2, 0.25) is 0 Å². The number of alkyl halides is 2. The number of ether oxygens (including phenoxy) is 2. The first-order valence-corrected chi connectivity index (χ1v) is 26.3. The maximum absolute atomic E-state index is 15.9. The molecule has 5 aromatic rings. The minimum absolute atomic E-state index is 0.0344. The van der Waals surface area contributed by atoms with Crippen LogP contribution in [0.4, 0.5) is 18.4 Å². The maximum atomic E-state index is 15.9. The Morgan fingerprint density at radius 3 is 2.03 bits per heavy atom. The van der Waals surface area contributed by atoms with Crippen LogP contribution in [0.3, 0.4) is 0 Å². The van der Waals surface area contributed by atoms with Gasteiger partial charge in [0.25, 0.3) is 11.8 Å². The van der Waals surface area contributed by atoms with Gasteiger partial charge in [-0.25, -0.2) is 14.6 Å². The Morgan fingerprint density at radius 2 is 1.46 bits per heavy atom. The van der Waals surface area contributed by atoms with Crippen molar-refractivity contribution in [1.82, 2.24) is 35.4 Å². The zero-order chi connectivity index (χ0) is 50.8. The number of rotatable bonds is 9. The summed E-state index contributed by atoms with van der Waals surface area (Å²) in [6.07, 6.45) is 11.4. The lowest BCUT2D eigenvalue weighted by molar-refractivity contribution is -0.132. The molecule has 4 N–H and O–H groups in total. The van der Waals surface area contributed by atoms with E-state index in [1.165, 1.54) is 44.5 Å². The SMILES string of the molecule is CC.COC(=O)NCC(=O)N1CCCC1.COC(=O)N[C@@H](S)C(=O)N1CCCC1c1cc(=O)c2ccc(-c3ccc4c(c3)C(F)(F)c3cc(-c5cnc[nH]5)ccc3-4)cc2[nH]1.CSC.CSCC(C)C. The van der Waals surface area contributed by atoms with E-state index in [2.05, 4.69) is 67.8 Å². The van der Waals surface area contributed by atoms with Gasteiger partial charge < -0.3 is 39.9 Å². The normalized spacial score (nSPS) is 15.3. The zero-order valence-corrected chi connectivity index (χ0v) is 43.3. The van der Waals surface area contributed by atoms with E-state index in [1.807, 2.05) is 38.1 Å². The molecule has 1 unspecified atom stereocenters. The third kappa shape index (κ3) is 14.5. The van der Waals surface area contributed by atoms with Crippen LogP contribution < -0.4 is 16.1 Å². The van der Waals surface area contributed by atoms with Crippen LogP contribution in [0.5, 0.6) is 0 Å². The molecule has 19 heteroatoms. The Bertz CT molecular complexity index is 2550. The summed E-state index contributed by atoms with van der Waals surface area (Å²) >= 11 is 7.88. The number of thioether (sulfide) groups is 2. The van der Waals surface area contributed by atoms with Crippen LogP contribution in [-0.2, 0) is 25.0 Å². The number of thiol groups is 1. The van der Waals surface area contributed by atoms with Crippen molar-refractivity contribution >= 4 is 71.1 Å². The number of nitrogens with zero attached hydrogens (tertiary/aromatic N) is 3. The van der Waals surface area contributed by atoms with Gasteiger partial charge in [0.15, 0.2) is 10.8 Å². The van der Waals surface area contributed by atoms with E-state index in [4.69, 9.17) is 0 Å². The molecule has 8 rings (SSSR count). The summed E-state index contributed by atoms with van der Waals surface area (Å²) < 4.78 is 40.7. The van der Waals surface area contributed by atoms with Crippen molar-refractivity contribution in [3.05, 3.63) is 100 Å². The van der Waals surface area contributed by atoms with Crippen LogP contribution in [0.25, 0.3) is 44.4 Å². The molecule has 374 valence electrons. The van der Waals surface area contributed by atoms with Crippen molar-refractivity contribution in [2.24, 2.45) is 5.92 Å². The Kier molecular flexibility index (Phi) is 22.0. The van der Waals surface area contributed by atoms with Gasteiger partial charge in [-0.05, 0) is 103 Å². The van der Waals surface area contributed by atoms with Gasteiger partial charge in [-0.15, -0.1) is 12.6 Å². The Morgan fingerprint density at radius 1 is 0.870 bits per heavy atom. The van der Waals surface area contributed by atoms with Crippen molar-refractivity contribution < 1.29 is 37.4 Å². The molecule has 0 saturated carbocycles. The second-order valence-electron chi connectivity index (χ2n) is 16.3. The Labute approximate surface area is 417 Å². The minimum Gasteiger partial charge on any atom is -0.453 e. The molecule has 0 spiro atoms. The van der Waals surface area contributed by atoms with Crippen molar-refractivity contribution in [2.75, 3.05) is 64.9 Å². The second kappa shape index (κ2) is 27.0. The number of carbonyl (C=O) groups is 4. The number of aromatic amines is 2. The van der Waals surface area contributed by atoms with Gasteiger partial charge in [-0.1, -0.05) is 58.0 Å². The molecule has 69 heavy (non-hydrogen) atoms. The lowest BCUT2D eigenvalue weighted by atomic mass is 9.97. The molecule has 2 aromatic heterocycles. The topological polar surface area (TPSA) is 179 Å². The fourth-order valence-electron chi connectivity index (χ4n) is 7.99. The first-order chi connectivity index (χ1) is 33.1. The zero-order valence-electron chi connectivity index (χ0n) is 40.7. The molecule has 3 aromatic carbocycles. The molecule has 0 radical (unpaired) electrons. The summed E-state index contributed by atoms with van der Waals surface area (Å²) in [5, 5.41) is 4.04. The number of nitrogens with one attached hydrogen (secondary N) is 4. The molecule has 2 atom stereocenters. The van der Waals surface area contributed by atoms with Gasteiger partial charge in [0.05, 0.1) is 44.0 Å². The Balaban J connectivity index is 0.000000357. The monoisotopic (exact) mass is 1010 g/mol. The van der Waals surface area contributed by atoms with E-state index in [-0.39, 0.29) is 29.0 Å². The van der Waals surface area contributed by atoms with E-state index < -0.39 is 35.4 Å². The number of halogens is 2. The molecular weight excluding hydrogens is 945 g/mol. The largest absolute Gasteiger partial charge is 0.453 e. The van der Waals surface area contributed by atoms with E-state index in [1.54, 1.807) is 70.2 Å². The third-order valence-corrected chi connectivity index (χ3v) is 12.4. The van der Waals surface area contributed by atoms with Gasteiger partial charge in [0.1, 0.15) is 6.54 Å². The number of H-pyrrole nitrogens is 2. The number of aromatic nitrogens is 3. The second-order valence-corrected chi connectivity index (χ2v) is 18.6. The molecule has 1 aliphatic carbocycles. The summed E-state index contributed by atoms with van der Waals surface area (Å²) in [5.41, 5.74) is 4.15. The highest BCUT2D eigenvalue weighted by molar-refractivity contribution is 7.98. The molecular formula is C50H65F2N7O7S3. The minimum atomic E-state index is -3.21. The standard InChI is InChI=1S/C33H27F2N5O4S.C8H14N2O3.C5H12S.C2H6S.C2H6/c1-44-32(43)39-30(45)31(42)40-10-2-3-28(40)26-14-29(41)22-9-5-18(13-25(22)38-26)17-4-7-20-21-8-6-19(27-15-36-16-37-27)12-24(21)33(34,35)23(20)11-17;1-13-8(12)9-6-7(11)10-4-2-3-5-10;1-5(2)4-6-3;1-3-2;1-2/h4-9,11-16,28,30,45H,2-3,10H2,1H3,(H,36,37)(H,38,41)(H,39,43);2-6H2,1H3,(H,9,12);5H,4H2,1-3H3;1-2H3;1-2H3/t28?,30-;;;;/m0..../s1. The average molecular weight is 1010 g/mol. The third-order valence-electron chi connectivity index (χ3n) is 11.1. The highest BCUT2D eigenvalue weighted by Gasteiger charge is 2.45. The van der Waals surface area contributed by atoms with Crippen LogP contribution >= 0.6 is 36.2 Å². The molecule has 14 nitrogen and oxygen atoms in total. The molecule has 4 heterocycles. The number of alkyl carbamates (subject to hydrolysis) is 2. The highest BCUT2D eigenvalue weighted by atomic mass is 32.2. The number of benzene rings is 3. The van der Waals surface area contributed by atoms with Crippen molar-refractivity contribution in [1.29, 1.82) is 0 Å². The number of fused-ring (bicyclic) bond motifs is 4. The van der Waals surface area contributed by atoms with Gasteiger partial charge in [0, 0.05) is 53.5 Å². The summed E-state index contributed by atoms with van der Waals surface area (Å²) in [6.45, 7) is 10.5. The summed E-state index contributed by atoms with van der Waals surface area (Å²) in [4.78, 5) is 73.4. The van der Waals surface area contributed by atoms with E-state index in [0.717, 1.165) is 31.8 Å². The van der Waals surface area contributed by atoms with Crippen molar-refractivity contribution in [2.45, 2.75) is 70.7 Å². The number of amides is 4. The number of hydrogen-bond acceptors (Lipinski definition) is 11. The van der Waals surface area contributed by atoms with Crippen LogP contribution in [0.15, 0.2) is 78.0 Å². The number of imidazole rings is 1. The number of pyridine rings is 1. The predicted molar refractivity (Wildman–Crippen MR) is 278 cm³/mol. The number of likely N-dealkylation sites (tertiary alicyclic amines) is 2. The van der Waals surface area contributed by atoms with Gasteiger partial charge in [-0.2, -0.15) is 32.3 Å². The Hall–Kier alpha value is -5.53. The summed E-state index contributed by atoms with van der Waals surface area (Å²) in [5.74, 6) is -1.51. The molecule has 2 saturated heterocycles. The van der Waals surface area contributed by atoms with E-state index in [0.29, 0.717) is 69.5 Å². The first-order valence-electron chi connectivity index (χ1n) is 22.7. The number of hydrogen-bond donors (Lipinski definition) is 5. The molecule has 2 aliphatic heterocycles. The fraction of sp³-hybridized carbons (Fsp3) is 0.440. The lowest BCUT2D eigenvalue weighted by Crippen LogP contribution is -2.45. The maximum Gasteiger partial charge on any atom is 0.408 e. The molecule has 4 amide bonds. The summed E-state index contributed by atoms with van der Waals surface area (Å²) in [7, 11) is 2.47. The number of methoxy groups -OCH3 is 2. The molecule has 3 aliphatic rings. The molecule has 2 fully saturated rings. The van der Waals surface area contributed by atoms with Gasteiger partial charge >= 0.3 is 12.2 Å². The van der Waals surface area contributed by atoms with E-state index in [9.17, 15) is 24.0 Å². The molecule has 0 bridgehead atoms. The van der Waals surface area contributed by atoms with Gasteiger partial charge in [0.2, 0.25) is 5.91 Å². The van der Waals surface area contributed by atoms with Crippen LogP contribution in [0, 0.1) is 5.92 Å². The van der Waals surface area contributed by atoms with Crippen LogP contribution in [0.1, 0.15) is 76.2 Å². The number of carbonyl (C=O) groups excluding carboxylic acids is 4. The fourth-order valence-corrected chi connectivity index (χ4v) is 8.91. The highest BCUT2D eigenvalue weighted by Crippen LogP contribution is 2.52. The van der Waals surface area contributed by atoms with Crippen molar-refractivity contribution in [3.63, 3.8) is 0 Å². The predicted octanol–water partition coefficient (Wildman–Crippen LogP) is 9.96.